The highest BCUT2D eigenvalue weighted by Gasteiger charge is 2.18. The van der Waals surface area contributed by atoms with Crippen molar-refractivity contribution < 1.29 is 0 Å². The largest absolute Gasteiger partial charge is 0.316 e. The Balaban J connectivity index is 1.16. The van der Waals surface area contributed by atoms with Crippen LogP contribution in [0.1, 0.15) is 0 Å². The molecule has 1 nitrogen and oxygen atoms in total. The molecule has 0 N–H and O–H groups in total. The first-order valence-corrected chi connectivity index (χ1v) is 20.6. The van der Waals surface area contributed by atoms with E-state index in [9.17, 15) is 0 Å². The van der Waals surface area contributed by atoms with Crippen LogP contribution in [0.3, 0.4) is 0 Å². The van der Waals surface area contributed by atoms with Crippen molar-refractivity contribution in [1.29, 1.82) is 0 Å². The summed E-state index contributed by atoms with van der Waals surface area (Å²) in [4.78, 5) is 0. The number of rotatable bonds is 7. The average Bonchev–Trinajstić information content (AvgIpc) is 3.88. The van der Waals surface area contributed by atoms with Gasteiger partial charge < -0.3 is 4.57 Å². The van der Waals surface area contributed by atoms with E-state index in [1.807, 2.05) is 11.3 Å². The lowest BCUT2D eigenvalue weighted by atomic mass is 9.91. The number of hydrogen-bond acceptors (Lipinski definition) is 1. The highest BCUT2D eigenvalue weighted by molar-refractivity contribution is 7.25. The molecule has 0 fully saturated rings. The number of thiophene rings is 1. The molecule has 0 aliphatic carbocycles. The number of benzene rings is 9. The van der Waals surface area contributed by atoms with E-state index < -0.39 is 0 Å². The first-order chi connectivity index (χ1) is 28.7. The predicted molar refractivity (Wildman–Crippen MR) is 249 cm³/mol. The van der Waals surface area contributed by atoms with Crippen molar-refractivity contribution >= 4 is 42.4 Å². The highest BCUT2D eigenvalue weighted by Crippen LogP contribution is 2.42. The third-order valence-electron chi connectivity index (χ3n) is 11.4. The van der Waals surface area contributed by atoms with Crippen LogP contribution in [0.25, 0.3) is 104 Å². The summed E-state index contributed by atoms with van der Waals surface area (Å²) < 4.78 is 5.02. The van der Waals surface area contributed by atoms with Crippen molar-refractivity contribution in [1.82, 2.24) is 4.57 Å². The number of hydrogen-bond donors (Lipinski definition) is 0. The molecule has 0 spiro atoms. The van der Waals surface area contributed by atoms with Gasteiger partial charge in [-0.15, -0.1) is 11.3 Å². The van der Waals surface area contributed by atoms with E-state index in [0.29, 0.717) is 0 Å². The topological polar surface area (TPSA) is 4.93 Å². The molecule has 0 unspecified atom stereocenters. The Labute approximate surface area is 342 Å². The van der Waals surface area contributed by atoms with Crippen molar-refractivity contribution in [3.05, 3.63) is 225 Å². The highest BCUT2D eigenvalue weighted by atomic mass is 32.1. The van der Waals surface area contributed by atoms with E-state index in [0.717, 1.165) is 5.69 Å². The van der Waals surface area contributed by atoms with Gasteiger partial charge in [-0.1, -0.05) is 146 Å². The van der Waals surface area contributed by atoms with E-state index >= 15 is 0 Å². The molecule has 0 aliphatic rings. The van der Waals surface area contributed by atoms with Gasteiger partial charge >= 0.3 is 0 Å². The van der Waals surface area contributed by atoms with Crippen molar-refractivity contribution in [3.8, 4) is 72.4 Å². The number of fused-ring (bicyclic) bond motifs is 4. The van der Waals surface area contributed by atoms with Crippen molar-refractivity contribution in [2.75, 3.05) is 0 Å². The SMILES string of the molecule is c1ccc(-c2cc(-c3ccccc3)cc(-c3ccc4c(c3)c(-c3cc(-c5ccccc5)cc(-c5ccccc5)c3)cn4-c3ccc4sc5ccccc5c4c3)c2)cc1. The third-order valence-corrected chi connectivity index (χ3v) is 12.5. The zero-order chi connectivity index (χ0) is 38.4. The first-order valence-electron chi connectivity index (χ1n) is 19.8. The molecular formula is C56H37NS. The van der Waals surface area contributed by atoms with Gasteiger partial charge in [-0.05, 0) is 134 Å². The molecule has 0 amide bonds. The molecule has 0 saturated heterocycles. The number of aromatic nitrogens is 1. The molecule has 58 heavy (non-hydrogen) atoms. The fourth-order valence-corrected chi connectivity index (χ4v) is 9.57. The molecule has 11 aromatic rings. The van der Waals surface area contributed by atoms with Crippen LogP contribution < -0.4 is 0 Å². The van der Waals surface area contributed by atoms with Crippen LogP contribution >= 0.6 is 11.3 Å². The Hall–Kier alpha value is -7.26. The minimum Gasteiger partial charge on any atom is -0.316 e. The lowest BCUT2D eigenvalue weighted by Crippen LogP contribution is -1.91. The fraction of sp³-hybridized carbons (Fsp3) is 0. The Bertz CT molecular complexity index is 3130. The molecule has 0 bridgehead atoms. The molecule has 0 atom stereocenters. The first kappa shape index (κ1) is 34.0. The summed E-state index contributed by atoms with van der Waals surface area (Å²) in [5.41, 5.74) is 16.7. The lowest BCUT2D eigenvalue weighted by Gasteiger charge is -2.13. The van der Waals surface area contributed by atoms with Crippen LogP contribution in [0.2, 0.25) is 0 Å². The van der Waals surface area contributed by atoms with Crippen LogP contribution in [0.15, 0.2) is 225 Å². The normalized spacial score (nSPS) is 11.4. The maximum Gasteiger partial charge on any atom is 0.0535 e. The lowest BCUT2D eigenvalue weighted by molar-refractivity contribution is 1.13. The summed E-state index contributed by atoms with van der Waals surface area (Å²) >= 11 is 1.86. The molecule has 2 heterocycles. The van der Waals surface area contributed by atoms with Gasteiger partial charge in [0.2, 0.25) is 0 Å². The standard InChI is InChI=1S/C56H37NS/c1-5-15-38(16-6-1)43-29-44(39-17-7-2-8-18-39)32-47(31-43)42-25-27-54-51(35-42)53(37-57(54)49-26-28-56-52(36-49)50-23-13-14-24-55(50)58-56)48-33-45(40-19-9-3-10-20-40)30-46(34-48)41-21-11-4-12-22-41/h1-37H. The Morgan fingerprint density at radius 2 is 0.724 bits per heavy atom. The van der Waals surface area contributed by atoms with E-state index in [1.165, 1.54) is 97.8 Å². The minimum atomic E-state index is 1.15. The summed E-state index contributed by atoms with van der Waals surface area (Å²) in [7, 11) is 0. The molecule has 9 aromatic carbocycles. The quantitative estimate of drug-likeness (QED) is 0.153. The second-order valence-corrected chi connectivity index (χ2v) is 16.1. The minimum absolute atomic E-state index is 1.15. The van der Waals surface area contributed by atoms with Gasteiger partial charge in [0.1, 0.15) is 0 Å². The Kier molecular flexibility index (Phi) is 8.42. The van der Waals surface area contributed by atoms with Gasteiger partial charge in [-0.25, -0.2) is 0 Å². The maximum absolute atomic E-state index is 2.41. The second-order valence-electron chi connectivity index (χ2n) is 15.0. The van der Waals surface area contributed by atoms with Crippen molar-refractivity contribution in [3.63, 3.8) is 0 Å². The molecule has 11 rings (SSSR count). The van der Waals surface area contributed by atoms with Crippen molar-refractivity contribution in [2.45, 2.75) is 0 Å². The van der Waals surface area contributed by atoms with Gasteiger partial charge in [0.25, 0.3) is 0 Å². The molecule has 272 valence electrons. The van der Waals surface area contributed by atoms with Gasteiger partial charge in [0.15, 0.2) is 0 Å². The molecule has 0 saturated carbocycles. The van der Waals surface area contributed by atoms with Crippen LogP contribution in [0.5, 0.6) is 0 Å². The smallest absolute Gasteiger partial charge is 0.0535 e. The van der Waals surface area contributed by atoms with Crippen LogP contribution in [-0.4, -0.2) is 4.57 Å². The van der Waals surface area contributed by atoms with Crippen LogP contribution in [0, 0.1) is 0 Å². The monoisotopic (exact) mass is 755 g/mol. The van der Waals surface area contributed by atoms with E-state index in [-0.39, 0.29) is 0 Å². The summed E-state index contributed by atoms with van der Waals surface area (Å²) in [6, 6.07) is 79.8. The molecule has 0 aliphatic heterocycles. The summed E-state index contributed by atoms with van der Waals surface area (Å²) in [6.45, 7) is 0. The van der Waals surface area contributed by atoms with Gasteiger partial charge in [-0.2, -0.15) is 0 Å². The second kappa shape index (κ2) is 14.4. The Morgan fingerprint density at radius 3 is 1.26 bits per heavy atom. The van der Waals surface area contributed by atoms with E-state index in [4.69, 9.17) is 0 Å². The molecule has 2 heteroatoms. The molecule has 2 aromatic heterocycles. The van der Waals surface area contributed by atoms with E-state index in [1.54, 1.807) is 0 Å². The fourth-order valence-electron chi connectivity index (χ4n) is 8.48. The zero-order valence-corrected chi connectivity index (χ0v) is 32.5. The third kappa shape index (κ3) is 6.21. The van der Waals surface area contributed by atoms with Crippen LogP contribution in [-0.2, 0) is 0 Å². The summed E-state index contributed by atoms with van der Waals surface area (Å²) in [5.74, 6) is 0. The molecule has 0 radical (unpaired) electrons. The van der Waals surface area contributed by atoms with Gasteiger partial charge in [-0.3, -0.25) is 0 Å². The summed E-state index contributed by atoms with van der Waals surface area (Å²) in [5, 5.41) is 3.81. The molecular weight excluding hydrogens is 719 g/mol. The Morgan fingerprint density at radius 1 is 0.276 bits per heavy atom. The van der Waals surface area contributed by atoms with E-state index in [2.05, 4.69) is 229 Å². The predicted octanol–water partition coefficient (Wildman–Crippen LogP) is 16.0. The number of nitrogens with zero attached hydrogens (tertiary/aromatic N) is 1. The van der Waals surface area contributed by atoms with Gasteiger partial charge in [0, 0.05) is 43.0 Å². The van der Waals surface area contributed by atoms with Gasteiger partial charge in [0.05, 0.1) is 5.52 Å². The maximum atomic E-state index is 2.41. The summed E-state index contributed by atoms with van der Waals surface area (Å²) in [6.07, 6.45) is 2.36. The average molecular weight is 756 g/mol. The van der Waals surface area contributed by atoms with Crippen molar-refractivity contribution in [2.24, 2.45) is 0 Å². The van der Waals surface area contributed by atoms with Crippen LogP contribution in [0.4, 0.5) is 0 Å². The zero-order valence-electron chi connectivity index (χ0n) is 31.7.